The molecule has 0 aliphatic heterocycles. The minimum Gasteiger partial charge on any atom is -0.494 e. The second-order valence-electron chi connectivity index (χ2n) is 6.46. The van der Waals surface area contributed by atoms with Crippen LogP contribution in [0.25, 0.3) is 0 Å². The first kappa shape index (κ1) is 15.2. The van der Waals surface area contributed by atoms with E-state index in [1.807, 2.05) is 6.92 Å². The van der Waals surface area contributed by atoms with E-state index in [0.717, 1.165) is 24.2 Å². The van der Waals surface area contributed by atoms with Gasteiger partial charge in [-0.1, -0.05) is 26.7 Å². The molecule has 1 fully saturated rings. The number of rotatable bonds is 6. The van der Waals surface area contributed by atoms with Crippen molar-refractivity contribution < 1.29 is 4.74 Å². The molecule has 0 bridgehead atoms. The fourth-order valence-electron chi connectivity index (χ4n) is 3.35. The van der Waals surface area contributed by atoms with Crippen molar-refractivity contribution in [2.24, 2.45) is 11.8 Å². The van der Waals surface area contributed by atoms with Crippen LogP contribution >= 0.6 is 0 Å². The van der Waals surface area contributed by atoms with E-state index in [-0.39, 0.29) is 0 Å². The molecule has 0 heterocycles. The maximum absolute atomic E-state index is 5.48. The summed E-state index contributed by atoms with van der Waals surface area (Å²) in [6.45, 7) is 7.42. The van der Waals surface area contributed by atoms with Crippen LogP contribution in [0.2, 0.25) is 0 Å². The standard InChI is InChI=1S/C18H29NO/c1-4-20-18-10-8-16(9-11-18)19-17-7-5-6-15(13-17)12-14(2)3/h8-11,14-15,17,19H,4-7,12-13H2,1-3H3/t15-,17-/m1/s1. The first-order valence-corrected chi connectivity index (χ1v) is 8.16. The monoisotopic (exact) mass is 275 g/mol. The van der Waals surface area contributed by atoms with E-state index < -0.39 is 0 Å². The highest BCUT2D eigenvalue weighted by Gasteiger charge is 2.22. The van der Waals surface area contributed by atoms with Gasteiger partial charge in [0.25, 0.3) is 0 Å². The minimum atomic E-state index is 0.644. The summed E-state index contributed by atoms with van der Waals surface area (Å²) in [5.41, 5.74) is 1.23. The van der Waals surface area contributed by atoms with E-state index in [9.17, 15) is 0 Å². The first-order chi connectivity index (χ1) is 9.67. The molecular weight excluding hydrogens is 246 g/mol. The predicted octanol–water partition coefficient (Wildman–Crippen LogP) is 5.10. The molecule has 0 unspecified atom stereocenters. The molecule has 0 spiro atoms. The molecule has 2 atom stereocenters. The minimum absolute atomic E-state index is 0.644. The topological polar surface area (TPSA) is 21.3 Å². The molecule has 1 aliphatic rings. The largest absolute Gasteiger partial charge is 0.494 e. The Labute approximate surface area is 123 Å². The van der Waals surface area contributed by atoms with Crippen LogP contribution in [-0.4, -0.2) is 12.6 Å². The van der Waals surface area contributed by atoms with Crippen LogP contribution in [0.4, 0.5) is 5.69 Å². The Morgan fingerprint density at radius 3 is 2.60 bits per heavy atom. The van der Waals surface area contributed by atoms with Crippen molar-refractivity contribution in [3.63, 3.8) is 0 Å². The summed E-state index contributed by atoms with van der Waals surface area (Å²) in [7, 11) is 0. The van der Waals surface area contributed by atoms with Crippen LogP contribution in [0, 0.1) is 11.8 Å². The molecule has 0 aromatic heterocycles. The number of benzene rings is 1. The summed E-state index contributed by atoms with van der Waals surface area (Å²) in [6.07, 6.45) is 6.79. The van der Waals surface area contributed by atoms with Gasteiger partial charge in [-0.15, -0.1) is 0 Å². The molecule has 20 heavy (non-hydrogen) atoms. The molecule has 1 N–H and O–H groups in total. The average Bonchev–Trinajstić information content (AvgIpc) is 2.41. The van der Waals surface area contributed by atoms with Gasteiger partial charge in [-0.3, -0.25) is 0 Å². The number of hydrogen-bond donors (Lipinski definition) is 1. The maximum Gasteiger partial charge on any atom is 0.119 e. The van der Waals surface area contributed by atoms with Crippen molar-refractivity contribution in [2.45, 2.75) is 58.9 Å². The van der Waals surface area contributed by atoms with E-state index in [1.54, 1.807) is 0 Å². The second kappa shape index (κ2) is 7.56. The Morgan fingerprint density at radius 1 is 1.20 bits per heavy atom. The van der Waals surface area contributed by atoms with Crippen LogP contribution in [0.15, 0.2) is 24.3 Å². The zero-order chi connectivity index (χ0) is 14.4. The molecule has 2 heteroatoms. The highest BCUT2D eigenvalue weighted by molar-refractivity contribution is 5.47. The Morgan fingerprint density at radius 2 is 1.95 bits per heavy atom. The lowest BCUT2D eigenvalue weighted by molar-refractivity contribution is 0.289. The molecular formula is C18H29NO. The van der Waals surface area contributed by atoms with Crippen molar-refractivity contribution in [3.8, 4) is 5.75 Å². The summed E-state index contributed by atoms with van der Waals surface area (Å²) >= 11 is 0. The number of nitrogens with one attached hydrogen (secondary N) is 1. The van der Waals surface area contributed by atoms with Gasteiger partial charge in [0.05, 0.1) is 6.61 Å². The Kier molecular flexibility index (Phi) is 5.75. The molecule has 2 rings (SSSR count). The zero-order valence-electron chi connectivity index (χ0n) is 13.2. The summed E-state index contributed by atoms with van der Waals surface area (Å²) in [4.78, 5) is 0. The van der Waals surface area contributed by atoms with Crippen molar-refractivity contribution in [3.05, 3.63) is 24.3 Å². The normalized spacial score (nSPS) is 22.8. The van der Waals surface area contributed by atoms with Crippen LogP contribution in [0.3, 0.4) is 0 Å². The van der Waals surface area contributed by atoms with Gasteiger partial charge in [-0.25, -0.2) is 0 Å². The molecule has 1 saturated carbocycles. The lowest BCUT2D eigenvalue weighted by atomic mass is 9.81. The van der Waals surface area contributed by atoms with Gasteiger partial charge >= 0.3 is 0 Å². The number of anilines is 1. The molecule has 0 amide bonds. The van der Waals surface area contributed by atoms with Crippen molar-refractivity contribution in [2.75, 3.05) is 11.9 Å². The second-order valence-corrected chi connectivity index (χ2v) is 6.46. The number of ether oxygens (including phenoxy) is 1. The van der Waals surface area contributed by atoms with Crippen molar-refractivity contribution >= 4 is 5.69 Å². The van der Waals surface area contributed by atoms with Crippen LogP contribution < -0.4 is 10.1 Å². The van der Waals surface area contributed by atoms with E-state index in [1.165, 1.54) is 37.8 Å². The molecule has 1 aromatic rings. The van der Waals surface area contributed by atoms with Gasteiger partial charge in [-0.2, -0.15) is 0 Å². The third-order valence-corrected chi connectivity index (χ3v) is 4.12. The van der Waals surface area contributed by atoms with Gasteiger partial charge in [0, 0.05) is 11.7 Å². The van der Waals surface area contributed by atoms with E-state index >= 15 is 0 Å². The van der Waals surface area contributed by atoms with Gasteiger partial charge in [-0.05, 0) is 62.3 Å². The molecule has 1 aliphatic carbocycles. The fraction of sp³-hybridized carbons (Fsp3) is 0.667. The fourth-order valence-corrected chi connectivity index (χ4v) is 3.35. The lowest BCUT2D eigenvalue weighted by Crippen LogP contribution is -2.27. The third kappa shape index (κ3) is 4.73. The summed E-state index contributed by atoms with van der Waals surface area (Å²) in [5, 5.41) is 3.70. The van der Waals surface area contributed by atoms with Gasteiger partial charge in [0.15, 0.2) is 0 Å². The SMILES string of the molecule is CCOc1ccc(N[C@@H]2CCC[C@H](CC(C)C)C2)cc1. The van der Waals surface area contributed by atoms with Crippen molar-refractivity contribution in [1.29, 1.82) is 0 Å². The van der Waals surface area contributed by atoms with Crippen molar-refractivity contribution in [1.82, 2.24) is 0 Å². The maximum atomic E-state index is 5.48. The highest BCUT2D eigenvalue weighted by Crippen LogP contribution is 2.31. The van der Waals surface area contributed by atoms with Gasteiger partial charge in [0.1, 0.15) is 5.75 Å². The molecule has 0 saturated heterocycles. The van der Waals surface area contributed by atoms with Crippen LogP contribution in [0.5, 0.6) is 5.75 Å². The van der Waals surface area contributed by atoms with E-state index in [2.05, 4.69) is 43.4 Å². The predicted molar refractivity (Wildman–Crippen MR) is 86.4 cm³/mol. The van der Waals surface area contributed by atoms with E-state index in [4.69, 9.17) is 4.74 Å². The lowest BCUT2D eigenvalue weighted by Gasteiger charge is -2.31. The highest BCUT2D eigenvalue weighted by atomic mass is 16.5. The van der Waals surface area contributed by atoms with E-state index in [0.29, 0.717) is 6.04 Å². The molecule has 112 valence electrons. The first-order valence-electron chi connectivity index (χ1n) is 8.16. The summed E-state index contributed by atoms with van der Waals surface area (Å²) in [5.74, 6) is 2.69. The van der Waals surface area contributed by atoms with Gasteiger partial charge in [0.2, 0.25) is 0 Å². The molecule has 2 nitrogen and oxygen atoms in total. The number of hydrogen-bond acceptors (Lipinski definition) is 2. The summed E-state index contributed by atoms with van der Waals surface area (Å²) in [6, 6.07) is 9.03. The van der Waals surface area contributed by atoms with Gasteiger partial charge < -0.3 is 10.1 Å². The summed E-state index contributed by atoms with van der Waals surface area (Å²) < 4.78 is 5.48. The van der Waals surface area contributed by atoms with Crippen LogP contribution in [0.1, 0.15) is 52.9 Å². The average molecular weight is 275 g/mol. The Bertz CT molecular complexity index is 385. The quantitative estimate of drug-likeness (QED) is 0.779. The molecule has 1 aromatic carbocycles. The Hall–Kier alpha value is -1.18. The Balaban J connectivity index is 1.85. The van der Waals surface area contributed by atoms with Crippen LogP contribution in [-0.2, 0) is 0 Å². The third-order valence-electron chi connectivity index (χ3n) is 4.12. The molecule has 0 radical (unpaired) electrons. The zero-order valence-corrected chi connectivity index (χ0v) is 13.2. The smallest absolute Gasteiger partial charge is 0.119 e.